The number of carbonyl (C=O) groups excluding carboxylic acids is 1. The van der Waals surface area contributed by atoms with Crippen molar-refractivity contribution in [2.75, 3.05) is 12.4 Å². The smallest absolute Gasteiger partial charge is 0.253 e. The SMILES string of the molecule is CNC(=O)C1=CNc2cccn2C1O. The lowest BCUT2D eigenvalue weighted by molar-refractivity contribution is -0.118. The normalized spacial score (nSPS) is 19.3. The molecule has 5 nitrogen and oxygen atoms in total. The topological polar surface area (TPSA) is 66.3 Å². The van der Waals surface area contributed by atoms with Crippen LogP contribution in [0.4, 0.5) is 5.82 Å². The van der Waals surface area contributed by atoms with E-state index in [4.69, 9.17) is 0 Å². The summed E-state index contributed by atoms with van der Waals surface area (Å²) in [5.41, 5.74) is 0.302. The minimum absolute atomic E-state index is 0.288. The number of likely N-dealkylation sites (N-methyl/N-ethyl adjacent to an activating group) is 1. The molecule has 0 fully saturated rings. The zero-order valence-electron chi connectivity index (χ0n) is 7.69. The van der Waals surface area contributed by atoms with Crippen molar-refractivity contribution in [2.45, 2.75) is 6.23 Å². The molecule has 2 rings (SSSR count). The number of carbonyl (C=O) groups is 1. The molecule has 1 atom stereocenters. The van der Waals surface area contributed by atoms with Gasteiger partial charge in [0, 0.05) is 19.4 Å². The monoisotopic (exact) mass is 193 g/mol. The fourth-order valence-electron chi connectivity index (χ4n) is 1.43. The summed E-state index contributed by atoms with van der Waals surface area (Å²) < 4.78 is 1.59. The second-order valence-electron chi connectivity index (χ2n) is 3.00. The second-order valence-corrected chi connectivity index (χ2v) is 3.00. The van der Waals surface area contributed by atoms with Crippen LogP contribution in [-0.4, -0.2) is 22.6 Å². The Bertz CT molecular complexity index is 395. The third kappa shape index (κ3) is 1.18. The van der Waals surface area contributed by atoms with Gasteiger partial charge in [0.05, 0.1) is 5.57 Å². The van der Waals surface area contributed by atoms with Gasteiger partial charge in [-0.15, -0.1) is 0 Å². The van der Waals surface area contributed by atoms with Crippen LogP contribution < -0.4 is 10.6 Å². The minimum atomic E-state index is -0.916. The zero-order valence-corrected chi connectivity index (χ0v) is 7.69. The first kappa shape index (κ1) is 8.83. The van der Waals surface area contributed by atoms with Crippen molar-refractivity contribution in [3.63, 3.8) is 0 Å². The number of hydrogen-bond donors (Lipinski definition) is 3. The largest absolute Gasteiger partial charge is 0.369 e. The van der Waals surface area contributed by atoms with E-state index in [1.54, 1.807) is 16.8 Å². The molecule has 0 aromatic carbocycles. The molecule has 1 aromatic heterocycles. The van der Waals surface area contributed by atoms with E-state index < -0.39 is 6.23 Å². The van der Waals surface area contributed by atoms with E-state index in [0.717, 1.165) is 5.82 Å². The summed E-state index contributed by atoms with van der Waals surface area (Å²) in [5.74, 6) is 0.481. The number of anilines is 1. The summed E-state index contributed by atoms with van der Waals surface area (Å²) in [6.07, 6.45) is 2.31. The van der Waals surface area contributed by atoms with Gasteiger partial charge in [-0.05, 0) is 12.1 Å². The lowest BCUT2D eigenvalue weighted by Gasteiger charge is -2.22. The van der Waals surface area contributed by atoms with E-state index in [2.05, 4.69) is 10.6 Å². The number of nitrogens with zero attached hydrogens (tertiary/aromatic N) is 1. The Morgan fingerprint density at radius 3 is 3.21 bits per heavy atom. The minimum Gasteiger partial charge on any atom is -0.369 e. The van der Waals surface area contributed by atoms with Gasteiger partial charge < -0.3 is 20.3 Å². The average Bonchev–Trinajstić information content (AvgIpc) is 2.66. The van der Waals surface area contributed by atoms with Crippen LogP contribution in [0.25, 0.3) is 0 Å². The molecule has 0 saturated heterocycles. The summed E-state index contributed by atoms with van der Waals surface area (Å²) in [6, 6.07) is 3.62. The Hall–Kier alpha value is -1.75. The number of amides is 1. The number of nitrogens with one attached hydrogen (secondary N) is 2. The Morgan fingerprint density at radius 1 is 1.71 bits per heavy atom. The summed E-state index contributed by atoms with van der Waals surface area (Å²) in [5, 5.41) is 15.2. The molecule has 1 amide bonds. The van der Waals surface area contributed by atoms with E-state index >= 15 is 0 Å². The van der Waals surface area contributed by atoms with Crippen LogP contribution >= 0.6 is 0 Å². The maximum absolute atomic E-state index is 11.3. The molecule has 1 aliphatic heterocycles. The molecule has 1 aliphatic rings. The lowest BCUT2D eigenvalue weighted by Crippen LogP contribution is -2.29. The molecule has 5 heteroatoms. The van der Waals surface area contributed by atoms with Gasteiger partial charge in [0.1, 0.15) is 5.82 Å². The Morgan fingerprint density at radius 2 is 2.50 bits per heavy atom. The van der Waals surface area contributed by atoms with Gasteiger partial charge in [-0.3, -0.25) is 4.79 Å². The van der Waals surface area contributed by atoms with Crippen molar-refractivity contribution in [3.05, 3.63) is 30.1 Å². The van der Waals surface area contributed by atoms with E-state index in [1.807, 2.05) is 6.07 Å². The molecule has 1 aromatic rings. The molecule has 0 aliphatic carbocycles. The second kappa shape index (κ2) is 3.19. The third-order valence-electron chi connectivity index (χ3n) is 2.19. The van der Waals surface area contributed by atoms with Gasteiger partial charge in [0.15, 0.2) is 6.23 Å². The Kier molecular flexibility index (Phi) is 2.01. The van der Waals surface area contributed by atoms with Crippen molar-refractivity contribution in [1.29, 1.82) is 0 Å². The van der Waals surface area contributed by atoms with Gasteiger partial charge in [0.25, 0.3) is 5.91 Å². The van der Waals surface area contributed by atoms with E-state index in [0.29, 0.717) is 5.57 Å². The van der Waals surface area contributed by atoms with Crippen molar-refractivity contribution < 1.29 is 9.90 Å². The van der Waals surface area contributed by atoms with Crippen LogP contribution in [0, 0.1) is 0 Å². The number of hydrogen-bond acceptors (Lipinski definition) is 3. The molecule has 0 bridgehead atoms. The first-order valence-corrected chi connectivity index (χ1v) is 4.27. The average molecular weight is 193 g/mol. The molecule has 0 spiro atoms. The quantitative estimate of drug-likeness (QED) is 0.589. The van der Waals surface area contributed by atoms with Gasteiger partial charge >= 0.3 is 0 Å². The highest BCUT2D eigenvalue weighted by Crippen LogP contribution is 2.25. The van der Waals surface area contributed by atoms with Crippen LogP contribution in [0.5, 0.6) is 0 Å². The summed E-state index contributed by atoms with van der Waals surface area (Å²) in [7, 11) is 1.53. The van der Waals surface area contributed by atoms with Gasteiger partial charge in [-0.1, -0.05) is 0 Å². The van der Waals surface area contributed by atoms with Crippen molar-refractivity contribution in [1.82, 2.24) is 9.88 Å². The van der Waals surface area contributed by atoms with Gasteiger partial charge in [-0.25, -0.2) is 0 Å². The zero-order chi connectivity index (χ0) is 10.1. The van der Waals surface area contributed by atoms with Crippen LogP contribution in [0.3, 0.4) is 0 Å². The number of fused-ring (bicyclic) bond motifs is 1. The predicted molar refractivity (Wildman–Crippen MR) is 51.5 cm³/mol. The van der Waals surface area contributed by atoms with E-state index in [1.165, 1.54) is 13.2 Å². The highest BCUT2D eigenvalue weighted by Gasteiger charge is 2.23. The van der Waals surface area contributed by atoms with Gasteiger partial charge in [0.2, 0.25) is 0 Å². The molecule has 0 saturated carbocycles. The van der Waals surface area contributed by atoms with E-state index in [-0.39, 0.29) is 5.91 Å². The standard InChI is InChI=1S/C9H11N3O2/c1-10-8(13)6-5-11-7-3-2-4-12(7)9(6)14/h2-5,9,11,14H,1H3,(H,10,13). The number of aromatic nitrogens is 1. The van der Waals surface area contributed by atoms with E-state index in [9.17, 15) is 9.90 Å². The highest BCUT2D eigenvalue weighted by atomic mass is 16.3. The summed E-state index contributed by atoms with van der Waals surface area (Å²) in [4.78, 5) is 11.3. The predicted octanol–water partition coefficient (Wildman–Crippen LogP) is 0.0344. The van der Waals surface area contributed by atoms with Gasteiger partial charge in [-0.2, -0.15) is 0 Å². The molecule has 0 radical (unpaired) electrons. The molecule has 2 heterocycles. The third-order valence-corrected chi connectivity index (χ3v) is 2.19. The first-order chi connectivity index (χ1) is 6.74. The van der Waals surface area contributed by atoms with Crippen LogP contribution in [0.2, 0.25) is 0 Å². The molecule has 1 unspecified atom stereocenters. The maximum Gasteiger partial charge on any atom is 0.253 e. The van der Waals surface area contributed by atoms with Crippen LogP contribution in [-0.2, 0) is 4.79 Å². The number of rotatable bonds is 1. The van der Waals surface area contributed by atoms with Crippen LogP contribution in [0.15, 0.2) is 30.1 Å². The molecule has 3 N–H and O–H groups in total. The Labute approximate surface area is 81.0 Å². The number of aliphatic hydroxyl groups excluding tert-OH is 1. The maximum atomic E-state index is 11.3. The Balaban J connectivity index is 2.33. The van der Waals surface area contributed by atoms with Crippen molar-refractivity contribution in [3.8, 4) is 0 Å². The van der Waals surface area contributed by atoms with Crippen LogP contribution in [0.1, 0.15) is 6.23 Å². The van der Waals surface area contributed by atoms with Crippen molar-refractivity contribution >= 4 is 11.7 Å². The number of aliphatic hydroxyl groups is 1. The van der Waals surface area contributed by atoms with Crippen molar-refractivity contribution in [2.24, 2.45) is 0 Å². The summed E-state index contributed by atoms with van der Waals surface area (Å²) in [6.45, 7) is 0. The lowest BCUT2D eigenvalue weighted by atomic mass is 10.2. The highest BCUT2D eigenvalue weighted by molar-refractivity contribution is 5.94. The fraction of sp³-hybridized carbons (Fsp3) is 0.222. The molecule has 14 heavy (non-hydrogen) atoms. The molecular formula is C9H11N3O2. The summed E-state index contributed by atoms with van der Waals surface area (Å²) >= 11 is 0. The molecular weight excluding hydrogens is 182 g/mol. The molecule has 74 valence electrons. The fourth-order valence-corrected chi connectivity index (χ4v) is 1.43. The first-order valence-electron chi connectivity index (χ1n) is 4.27.